The first-order chi connectivity index (χ1) is 11.3. The largest absolute Gasteiger partial charge is 0.497 e. The normalized spacial score (nSPS) is 18.9. The van der Waals surface area contributed by atoms with Gasteiger partial charge in [-0.05, 0) is 44.0 Å². The van der Waals surface area contributed by atoms with Crippen molar-refractivity contribution < 1.29 is 22.7 Å². The van der Waals surface area contributed by atoms with E-state index < -0.39 is 16.1 Å². The zero-order valence-electron chi connectivity index (χ0n) is 14.2. The van der Waals surface area contributed by atoms with Crippen molar-refractivity contribution >= 4 is 21.6 Å². The van der Waals surface area contributed by atoms with E-state index in [2.05, 4.69) is 5.32 Å². The third-order valence-electron chi connectivity index (χ3n) is 3.94. The second-order valence-electron chi connectivity index (χ2n) is 5.81. The summed E-state index contributed by atoms with van der Waals surface area (Å²) in [6.07, 6.45) is 2.98. The van der Waals surface area contributed by atoms with E-state index in [4.69, 9.17) is 9.47 Å². The lowest BCUT2D eigenvalue weighted by molar-refractivity contribution is -0.122. The summed E-state index contributed by atoms with van der Waals surface area (Å²) in [6, 6.07) is 5.68. The van der Waals surface area contributed by atoms with Crippen molar-refractivity contribution in [2.24, 2.45) is 0 Å². The van der Waals surface area contributed by atoms with Gasteiger partial charge in [-0.1, -0.05) is 0 Å². The minimum atomic E-state index is -3.62. The molecule has 0 saturated carbocycles. The minimum Gasteiger partial charge on any atom is -0.497 e. The highest BCUT2D eigenvalue weighted by Crippen LogP contribution is 2.23. The molecule has 0 aliphatic carbocycles. The van der Waals surface area contributed by atoms with E-state index in [1.807, 2.05) is 0 Å². The fraction of sp³-hybridized carbons (Fsp3) is 0.562. The van der Waals surface area contributed by atoms with Gasteiger partial charge in [0.25, 0.3) is 0 Å². The number of methoxy groups -OCH3 is 1. The Labute approximate surface area is 143 Å². The quantitative estimate of drug-likeness (QED) is 0.792. The number of sulfonamides is 1. The summed E-state index contributed by atoms with van der Waals surface area (Å²) in [4.78, 5) is 12.4. The Bertz CT molecular complexity index is 654. The Balaban J connectivity index is 2.12. The molecule has 2 atom stereocenters. The van der Waals surface area contributed by atoms with Gasteiger partial charge in [0.05, 0.1) is 25.2 Å². The van der Waals surface area contributed by atoms with Crippen LogP contribution in [-0.2, 0) is 19.6 Å². The molecule has 1 amide bonds. The van der Waals surface area contributed by atoms with Crippen LogP contribution >= 0.6 is 0 Å². The van der Waals surface area contributed by atoms with Gasteiger partial charge < -0.3 is 14.8 Å². The van der Waals surface area contributed by atoms with Crippen molar-refractivity contribution in [3.63, 3.8) is 0 Å². The predicted octanol–water partition coefficient (Wildman–Crippen LogP) is 1.14. The fourth-order valence-corrected chi connectivity index (χ4v) is 3.88. The van der Waals surface area contributed by atoms with Crippen LogP contribution in [0.1, 0.15) is 19.8 Å². The molecule has 1 aromatic rings. The van der Waals surface area contributed by atoms with Crippen molar-refractivity contribution in [2.45, 2.75) is 31.9 Å². The van der Waals surface area contributed by atoms with Gasteiger partial charge >= 0.3 is 0 Å². The number of hydrogen-bond donors (Lipinski definition) is 1. The molecule has 0 aromatic heterocycles. The van der Waals surface area contributed by atoms with E-state index in [9.17, 15) is 13.2 Å². The van der Waals surface area contributed by atoms with Crippen LogP contribution in [0.5, 0.6) is 5.75 Å². The molecule has 0 bridgehead atoms. The van der Waals surface area contributed by atoms with Crippen LogP contribution in [0.15, 0.2) is 24.3 Å². The molecule has 1 N–H and O–H groups in total. The summed E-state index contributed by atoms with van der Waals surface area (Å²) in [5, 5.41) is 2.77. The number of amides is 1. The van der Waals surface area contributed by atoms with E-state index in [0.717, 1.165) is 23.4 Å². The van der Waals surface area contributed by atoms with Crippen LogP contribution in [0.3, 0.4) is 0 Å². The first kappa shape index (κ1) is 18.5. The molecule has 1 aromatic carbocycles. The fourth-order valence-electron chi connectivity index (χ4n) is 2.71. The molecule has 8 heteroatoms. The second kappa shape index (κ2) is 7.85. The van der Waals surface area contributed by atoms with Gasteiger partial charge in [-0.2, -0.15) is 0 Å². The maximum absolute atomic E-state index is 12.4. The maximum atomic E-state index is 12.4. The summed E-state index contributed by atoms with van der Waals surface area (Å²) in [5.41, 5.74) is 0.415. The molecule has 1 aliphatic rings. The number of carbonyl (C=O) groups is 1. The molecule has 0 radical (unpaired) electrons. The van der Waals surface area contributed by atoms with Crippen molar-refractivity contribution in [1.82, 2.24) is 5.32 Å². The summed E-state index contributed by atoms with van der Waals surface area (Å²) in [7, 11) is -2.09. The molecule has 2 rings (SSSR count). The average Bonchev–Trinajstić information content (AvgIpc) is 3.05. The number of nitrogens with one attached hydrogen (secondary N) is 1. The van der Waals surface area contributed by atoms with Crippen LogP contribution in [0.2, 0.25) is 0 Å². The number of carbonyl (C=O) groups excluding carboxylic acids is 1. The van der Waals surface area contributed by atoms with Crippen molar-refractivity contribution in [2.75, 3.05) is 30.8 Å². The number of hydrogen-bond acceptors (Lipinski definition) is 5. The Kier molecular flexibility index (Phi) is 6.06. The average molecular weight is 356 g/mol. The van der Waals surface area contributed by atoms with E-state index >= 15 is 0 Å². The number of ether oxygens (including phenoxy) is 2. The molecule has 134 valence electrons. The Morgan fingerprint density at radius 1 is 1.42 bits per heavy atom. The zero-order chi connectivity index (χ0) is 17.7. The third kappa shape index (κ3) is 4.61. The molecule has 24 heavy (non-hydrogen) atoms. The molecular weight excluding hydrogens is 332 g/mol. The van der Waals surface area contributed by atoms with Crippen LogP contribution in [0.25, 0.3) is 0 Å². The monoisotopic (exact) mass is 356 g/mol. The van der Waals surface area contributed by atoms with Gasteiger partial charge in [0.1, 0.15) is 11.8 Å². The highest BCUT2D eigenvalue weighted by atomic mass is 32.2. The second-order valence-corrected chi connectivity index (χ2v) is 7.67. The van der Waals surface area contributed by atoms with Crippen LogP contribution in [-0.4, -0.2) is 53.0 Å². The van der Waals surface area contributed by atoms with Crippen molar-refractivity contribution in [3.8, 4) is 5.75 Å². The molecule has 1 fully saturated rings. The smallest absolute Gasteiger partial charge is 0.243 e. The molecule has 0 unspecified atom stereocenters. The first-order valence-corrected chi connectivity index (χ1v) is 9.70. The lowest BCUT2D eigenvalue weighted by atomic mass is 10.2. The Hall–Kier alpha value is -1.80. The molecule has 7 nitrogen and oxygen atoms in total. The standard InChI is InChI=1S/C16H24N2O5S/c1-12(16(19)17-11-15-5-4-10-23-15)18(24(3,20)21)13-6-8-14(22-2)9-7-13/h6-9,12,15H,4-5,10-11H2,1-3H3,(H,17,19)/t12-,15-/m1/s1. The number of nitrogens with zero attached hydrogens (tertiary/aromatic N) is 1. The van der Waals surface area contributed by atoms with Gasteiger partial charge in [0, 0.05) is 13.2 Å². The highest BCUT2D eigenvalue weighted by Gasteiger charge is 2.29. The summed E-state index contributed by atoms with van der Waals surface area (Å²) in [5.74, 6) is 0.259. The summed E-state index contributed by atoms with van der Waals surface area (Å²) < 4.78 is 36.0. The molecule has 1 aliphatic heterocycles. The van der Waals surface area contributed by atoms with Crippen LogP contribution in [0.4, 0.5) is 5.69 Å². The molecule has 1 heterocycles. The SMILES string of the molecule is COc1ccc(N([C@H](C)C(=O)NC[C@H]2CCCO2)S(C)(=O)=O)cc1. The van der Waals surface area contributed by atoms with Gasteiger partial charge in [-0.25, -0.2) is 8.42 Å². The van der Waals surface area contributed by atoms with E-state index in [1.54, 1.807) is 31.2 Å². The summed E-state index contributed by atoms with van der Waals surface area (Å²) in [6.45, 7) is 2.66. The highest BCUT2D eigenvalue weighted by molar-refractivity contribution is 7.92. The summed E-state index contributed by atoms with van der Waals surface area (Å²) >= 11 is 0. The first-order valence-electron chi connectivity index (χ1n) is 7.85. The van der Waals surface area contributed by atoms with Crippen molar-refractivity contribution in [1.29, 1.82) is 0 Å². The molecular formula is C16H24N2O5S. The lowest BCUT2D eigenvalue weighted by Gasteiger charge is -2.28. The van der Waals surface area contributed by atoms with Crippen molar-refractivity contribution in [3.05, 3.63) is 24.3 Å². The Morgan fingerprint density at radius 2 is 2.08 bits per heavy atom. The molecule has 1 saturated heterocycles. The minimum absolute atomic E-state index is 0.00817. The lowest BCUT2D eigenvalue weighted by Crippen LogP contribution is -2.49. The number of anilines is 1. The Morgan fingerprint density at radius 3 is 2.58 bits per heavy atom. The number of rotatable bonds is 7. The predicted molar refractivity (Wildman–Crippen MR) is 91.8 cm³/mol. The van der Waals surface area contributed by atoms with E-state index in [1.165, 1.54) is 7.11 Å². The van der Waals surface area contributed by atoms with Gasteiger partial charge in [0.2, 0.25) is 15.9 Å². The van der Waals surface area contributed by atoms with Gasteiger partial charge in [-0.3, -0.25) is 9.10 Å². The van der Waals surface area contributed by atoms with E-state index in [0.29, 0.717) is 24.6 Å². The number of benzene rings is 1. The third-order valence-corrected chi connectivity index (χ3v) is 5.19. The van der Waals surface area contributed by atoms with Gasteiger partial charge in [0.15, 0.2) is 0 Å². The van der Waals surface area contributed by atoms with Gasteiger partial charge in [-0.15, -0.1) is 0 Å². The van der Waals surface area contributed by atoms with Crippen LogP contribution < -0.4 is 14.4 Å². The molecule has 0 spiro atoms. The van der Waals surface area contributed by atoms with E-state index in [-0.39, 0.29) is 12.0 Å². The van der Waals surface area contributed by atoms with Crippen LogP contribution in [0, 0.1) is 0 Å². The topological polar surface area (TPSA) is 84.9 Å². The maximum Gasteiger partial charge on any atom is 0.243 e. The zero-order valence-corrected chi connectivity index (χ0v) is 15.0.